The van der Waals surface area contributed by atoms with Crippen LogP contribution >= 0.6 is 0 Å². The molecule has 102 valence electrons. The van der Waals surface area contributed by atoms with Crippen molar-refractivity contribution >= 4 is 15.8 Å². The number of halogens is 2. The topological polar surface area (TPSA) is 64.0 Å². The van der Waals surface area contributed by atoms with E-state index in [4.69, 9.17) is 0 Å². The lowest BCUT2D eigenvalue weighted by atomic mass is 10.3. The summed E-state index contributed by atoms with van der Waals surface area (Å²) in [6.07, 6.45) is 1.57. The number of nitrogens with one attached hydrogen (secondary N) is 1. The van der Waals surface area contributed by atoms with Gasteiger partial charge >= 0.3 is 0 Å². The first kappa shape index (κ1) is 13.5. The Morgan fingerprint density at radius 1 is 1.32 bits per heavy atom. The smallest absolute Gasteiger partial charge is 0.266 e. The van der Waals surface area contributed by atoms with Crippen LogP contribution in [-0.2, 0) is 16.6 Å². The lowest BCUT2D eigenvalue weighted by molar-refractivity contribution is 0.555. The van der Waals surface area contributed by atoms with Gasteiger partial charge in [0.1, 0.15) is 16.5 Å². The third-order valence-corrected chi connectivity index (χ3v) is 3.76. The number of aryl methyl sites for hydroxylation is 1. The van der Waals surface area contributed by atoms with Crippen molar-refractivity contribution in [3.05, 3.63) is 42.1 Å². The molecule has 19 heavy (non-hydrogen) atoms. The molecule has 0 fully saturated rings. The van der Waals surface area contributed by atoms with Gasteiger partial charge in [-0.3, -0.25) is 9.40 Å². The zero-order chi connectivity index (χ0) is 14.0. The summed E-state index contributed by atoms with van der Waals surface area (Å²) in [5.74, 6) is -1.81. The number of benzene rings is 1. The Bertz CT molecular complexity index is 698. The van der Waals surface area contributed by atoms with E-state index in [9.17, 15) is 17.2 Å². The Kier molecular flexibility index (Phi) is 3.52. The number of hydrogen-bond acceptors (Lipinski definition) is 3. The quantitative estimate of drug-likeness (QED) is 0.935. The summed E-state index contributed by atoms with van der Waals surface area (Å²) in [5, 5.41) is 3.90. The summed E-state index contributed by atoms with van der Waals surface area (Å²) in [6.45, 7) is 2.40. The SMILES string of the molecule is CCn1ccc(NS(=O)(=O)c2cc(F)ccc2F)n1. The molecule has 0 unspecified atom stereocenters. The summed E-state index contributed by atoms with van der Waals surface area (Å²) >= 11 is 0. The van der Waals surface area contributed by atoms with Crippen molar-refractivity contribution in [3.8, 4) is 0 Å². The monoisotopic (exact) mass is 287 g/mol. The van der Waals surface area contributed by atoms with Crippen molar-refractivity contribution in [3.63, 3.8) is 0 Å². The van der Waals surface area contributed by atoms with Gasteiger partial charge in [0.25, 0.3) is 10.0 Å². The Morgan fingerprint density at radius 2 is 2.05 bits per heavy atom. The lowest BCUT2D eigenvalue weighted by Gasteiger charge is -2.06. The minimum Gasteiger partial charge on any atom is -0.271 e. The van der Waals surface area contributed by atoms with E-state index in [-0.39, 0.29) is 5.82 Å². The molecule has 0 bridgehead atoms. The van der Waals surface area contributed by atoms with Gasteiger partial charge in [-0.2, -0.15) is 5.10 Å². The van der Waals surface area contributed by atoms with E-state index < -0.39 is 26.6 Å². The van der Waals surface area contributed by atoms with Gasteiger partial charge in [-0.05, 0) is 25.1 Å². The van der Waals surface area contributed by atoms with Crippen LogP contribution in [0, 0.1) is 11.6 Å². The van der Waals surface area contributed by atoms with Gasteiger partial charge in [0.05, 0.1) is 0 Å². The molecule has 1 N–H and O–H groups in total. The molecule has 0 radical (unpaired) electrons. The Morgan fingerprint density at radius 3 is 2.68 bits per heavy atom. The number of aromatic nitrogens is 2. The van der Waals surface area contributed by atoms with E-state index in [1.54, 1.807) is 6.20 Å². The zero-order valence-electron chi connectivity index (χ0n) is 9.97. The van der Waals surface area contributed by atoms with Gasteiger partial charge in [0.2, 0.25) is 0 Å². The summed E-state index contributed by atoms with van der Waals surface area (Å²) in [4.78, 5) is -0.751. The highest BCUT2D eigenvalue weighted by atomic mass is 32.2. The van der Waals surface area contributed by atoms with E-state index in [0.29, 0.717) is 12.6 Å². The third-order valence-electron chi connectivity index (χ3n) is 2.39. The summed E-state index contributed by atoms with van der Waals surface area (Å²) in [6, 6.07) is 3.65. The Labute approximate surface area is 108 Å². The maximum Gasteiger partial charge on any atom is 0.266 e. The normalized spacial score (nSPS) is 11.5. The number of nitrogens with zero attached hydrogens (tertiary/aromatic N) is 2. The lowest BCUT2D eigenvalue weighted by Crippen LogP contribution is -2.15. The molecule has 1 aromatic carbocycles. The zero-order valence-corrected chi connectivity index (χ0v) is 10.8. The number of hydrogen-bond donors (Lipinski definition) is 1. The average Bonchev–Trinajstić information content (AvgIpc) is 2.79. The second-order valence-corrected chi connectivity index (χ2v) is 5.39. The third kappa shape index (κ3) is 2.90. The highest BCUT2D eigenvalue weighted by molar-refractivity contribution is 7.92. The van der Waals surface area contributed by atoms with E-state index in [1.807, 2.05) is 6.92 Å². The Hall–Kier alpha value is -1.96. The molecule has 0 saturated carbocycles. The van der Waals surface area contributed by atoms with Gasteiger partial charge < -0.3 is 0 Å². The molecule has 5 nitrogen and oxygen atoms in total. The predicted molar refractivity (Wildman–Crippen MR) is 65.1 cm³/mol. The molecule has 0 aliphatic rings. The van der Waals surface area contributed by atoms with Gasteiger partial charge in [-0.25, -0.2) is 17.2 Å². The molecule has 2 rings (SSSR count). The molecule has 0 aliphatic heterocycles. The van der Waals surface area contributed by atoms with Crippen molar-refractivity contribution in [2.45, 2.75) is 18.4 Å². The van der Waals surface area contributed by atoms with Crippen LogP contribution in [0.15, 0.2) is 35.4 Å². The molecule has 8 heteroatoms. The first-order valence-electron chi connectivity index (χ1n) is 5.43. The number of sulfonamides is 1. The first-order chi connectivity index (χ1) is 8.92. The van der Waals surface area contributed by atoms with Gasteiger partial charge in [-0.15, -0.1) is 0 Å². The first-order valence-corrected chi connectivity index (χ1v) is 6.92. The fourth-order valence-corrected chi connectivity index (χ4v) is 2.55. The fraction of sp³-hybridized carbons (Fsp3) is 0.182. The number of rotatable bonds is 4. The standard InChI is InChI=1S/C11H11F2N3O2S/c1-2-16-6-5-11(14-16)15-19(17,18)10-7-8(12)3-4-9(10)13/h3-7H,2H2,1H3,(H,14,15). The summed E-state index contributed by atoms with van der Waals surface area (Å²) < 4.78 is 53.8. The van der Waals surface area contributed by atoms with Crippen LogP contribution in [0.3, 0.4) is 0 Å². The van der Waals surface area contributed by atoms with Crippen molar-refractivity contribution in [1.29, 1.82) is 0 Å². The van der Waals surface area contributed by atoms with Crippen molar-refractivity contribution < 1.29 is 17.2 Å². The van der Waals surface area contributed by atoms with E-state index in [0.717, 1.165) is 12.1 Å². The van der Waals surface area contributed by atoms with Crippen LogP contribution in [-0.4, -0.2) is 18.2 Å². The van der Waals surface area contributed by atoms with Crippen molar-refractivity contribution in [2.24, 2.45) is 0 Å². The summed E-state index contributed by atoms with van der Waals surface area (Å²) in [7, 11) is -4.20. The fourth-order valence-electron chi connectivity index (χ4n) is 1.47. The van der Waals surface area contributed by atoms with Crippen LogP contribution in [0.25, 0.3) is 0 Å². The van der Waals surface area contributed by atoms with E-state index in [1.165, 1.54) is 10.7 Å². The second kappa shape index (κ2) is 4.96. The molecular formula is C11H11F2N3O2S. The molecule has 0 amide bonds. The molecular weight excluding hydrogens is 276 g/mol. The minimum absolute atomic E-state index is 0.0468. The van der Waals surface area contributed by atoms with Gasteiger partial charge in [-0.1, -0.05) is 0 Å². The van der Waals surface area contributed by atoms with E-state index in [2.05, 4.69) is 9.82 Å². The van der Waals surface area contributed by atoms with Crippen LogP contribution in [0.4, 0.5) is 14.6 Å². The van der Waals surface area contributed by atoms with Gasteiger partial charge in [0.15, 0.2) is 5.82 Å². The average molecular weight is 287 g/mol. The largest absolute Gasteiger partial charge is 0.271 e. The molecule has 2 aromatic rings. The van der Waals surface area contributed by atoms with Gasteiger partial charge in [0, 0.05) is 18.8 Å². The Balaban J connectivity index is 2.34. The van der Waals surface area contributed by atoms with Crippen LogP contribution < -0.4 is 4.72 Å². The predicted octanol–water partition coefficient (Wildman–Crippen LogP) is 1.98. The maximum absolute atomic E-state index is 13.4. The van der Waals surface area contributed by atoms with Crippen LogP contribution in [0.1, 0.15) is 6.92 Å². The van der Waals surface area contributed by atoms with Crippen molar-refractivity contribution in [1.82, 2.24) is 9.78 Å². The highest BCUT2D eigenvalue weighted by Crippen LogP contribution is 2.18. The molecule has 0 aliphatic carbocycles. The number of anilines is 1. The molecule has 0 atom stereocenters. The van der Waals surface area contributed by atoms with Crippen molar-refractivity contribution in [2.75, 3.05) is 4.72 Å². The molecule has 1 heterocycles. The van der Waals surface area contributed by atoms with Crippen LogP contribution in [0.5, 0.6) is 0 Å². The molecule has 0 spiro atoms. The summed E-state index contributed by atoms with van der Waals surface area (Å²) in [5.41, 5.74) is 0. The van der Waals surface area contributed by atoms with E-state index >= 15 is 0 Å². The minimum atomic E-state index is -4.20. The second-order valence-electron chi connectivity index (χ2n) is 3.74. The molecule has 1 aromatic heterocycles. The van der Waals surface area contributed by atoms with Crippen LogP contribution in [0.2, 0.25) is 0 Å². The molecule has 0 saturated heterocycles. The maximum atomic E-state index is 13.4. The highest BCUT2D eigenvalue weighted by Gasteiger charge is 2.20.